The summed E-state index contributed by atoms with van der Waals surface area (Å²) >= 11 is 0. The molecule has 2 rings (SSSR count). The minimum atomic E-state index is 0.136. The van der Waals surface area contributed by atoms with Gasteiger partial charge in [0, 0.05) is 42.9 Å². The van der Waals surface area contributed by atoms with E-state index >= 15 is 0 Å². The number of hydrogen-bond acceptors (Lipinski definition) is 3. The Hall–Kier alpha value is -1.36. The van der Waals surface area contributed by atoms with Crippen LogP contribution in [0.25, 0.3) is 0 Å². The first-order valence-electron chi connectivity index (χ1n) is 6.59. The van der Waals surface area contributed by atoms with Gasteiger partial charge in [0.05, 0.1) is 5.69 Å². The molecule has 1 fully saturated rings. The van der Waals surface area contributed by atoms with Crippen molar-refractivity contribution in [3.05, 3.63) is 17.0 Å². The summed E-state index contributed by atoms with van der Waals surface area (Å²) in [6.07, 6.45) is 0.574. The van der Waals surface area contributed by atoms with Crippen molar-refractivity contribution in [1.82, 2.24) is 20.4 Å². The monoisotopic (exact) mass is 250 g/mol. The largest absolute Gasteiger partial charge is 0.354 e. The van der Waals surface area contributed by atoms with Gasteiger partial charge >= 0.3 is 0 Å². The first-order chi connectivity index (χ1) is 8.52. The third-order valence-corrected chi connectivity index (χ3v) is 3.63. The Kier molecular flexibility index (Phi) is 3.71. The summed E-state index contributed by atoms with van der Waals surface area (Å²) in [5.41, 5.74) is 3.55. The van der Waals surface area contributed by atoms with Crippen molar-refractivity contribution < 1.29 is 4.79 Å². The Labute approximate surface area is 108 Å². The Morgan fingerprint density at radius 1 is 1.56 bits per heavy atom. The molecule has 5 nitrogen and oxygen atoms in total. The predicted molar refractivity (Wildman–Crippen MR) is 70.3 cm³/mol. The molecule has 0 saturated carbocycles. The Morgan fingerprint density at radius 3 is 2.78 bits per heavy atom. The molecule has 2 N–H and O–H groups in total. The lowest BCUT2D eigenvalue weighted by atomic mass is 10.1. The number of hydrogen-bond donors (Lipinski definition) is 2. The van der Waals surface area contributed by atoms with Crippen LogP contribution in [0, 0.1) is 13.8 Å². The van der Waals surface area contributed by atoms with E-state index in [1.807, 2.05) is 11.6 Å². The number of nitrogens with zero attached hydrogens (tertiary/aromatic N) is 2. The fourth-order valence-corrected chi connectivity index (χ4v) is 2.81. The van der Waals surface area contributed by atoms with Gasteiger partial charge in [-0.05, 0) is 27.7 Å². The quantitative estimate of drug-likeness (QED) is 0.840. The highest BCUT2D eigenvalue weighted by atomic mass is 16.1. The lowest BCUT2D eigenvalue weighted by molar-refractivity contribution is -0.119. The summed E-state index contributed by atoms with van der Waals surface area (Å²) in [7, 11) is 0. The van der Waals surface area contributed by atoms with Crippen molar-refractivity contribution in [2.45, 2.75) is 52.7 Å². The van der Waals surface area contributed by atoms with Gasteiger partial charge in [0.1, 0.15) is 0 Å². The van der Waals surface area contributed by atoms with Crippen LogP contribution in [0.2, 0.25) is 0 Å². The van der Waals surface area contributed by atoms with Crippen LogP contribution < -0.4 is 10.6 Å². The van der Waals surface area contributed by atoms with E-state index in [1.165, 1.54) is 11.3 Å². The molecule has 18 heavy (non-hydrogen) atoms. The van der Waals surface area contributed by atoms with E-state index in [9.17, 15) is 4.79 Å². The third kappa shape index (κ3) is 2.41. The van der Waals surface area contributed by atoms with Crippen LogP contribution in [0.1, 0.15) is 43.3 Å². The molecule has 0 aliphatic carbocycles. The summed E-state index contributed by atoms with van der Waals surface area (Å²) < 4.78 is 2.03. The van der Waals surface area contributed by atoms with E-state index in [0.29, 0.717) is 6.42 Å². The zero-order valence-corrected chi connectivity index (χ0v) is 11.6. The molecular formula is C13H22N4O. The summed E-state index contributed by atoms with van der Waals surface area (Å²) in [5.74, 6) is 0.136. The molecule has 5 heteroatoms. The second-order valence-corrected chi connectivity index (χ2v) is 4.99. The molecule has 1 aliphatic rings. The molecule has 0 aromatic carbocycles. The van der Waals surface area contributed by atoms with Crippen molar-refractivity contribution in [3.8, 4) is 0 Å². The molecule has 2 unspecified atom stereocenters. The lowest BCUT2D eigenvalue weighted by Crippen LogP contribution is -2.33. The molecule has 1 aromatic heterocycles. The fraction of sp³-hybridized carbons (Fsp3) is 0.692. The average molecular weight is 250 g/mol. The first-order valence-corrected chi connectivity index (χ1v) is 6.59. The topological polar surface area (TPSA) is 59.0 Å². The zero-order valence-electron chi connectivity index (χ0n) is 11.6. The van der Waals surface area contributed by atoms with Crippen molar-refractivity contribution in [3.63, 3.8) is 0 Å². The molecule has 1 aliphatic heterocycles. The maximum absolute atomic E-state index is 11.2. The van der Waals surface area contributed by atoms with E-state index in [0.717, 1.165) is 18.8 Å². The average Bonchev–Trinajstić information content (AvgIpc) is 2.83. The lowest BCUT2D eigenvalue weighted by Gasteiger charge is -2.19. The molecule has 1 saturated heterocycles. The normalized spacial score (nSPS) is 21.1. The summed E-state index contributed by atoms with van der Waals surface area (Å²) in [5, 5.41) is 10.9. The second kappa shape index (κ2) is 5.10. The van der Waals surface area contributed by atoms with Gasteiger partial charge < -0.3 is 10.6 Å². The fourth-order valence-electron chi connectivity index (χ4n) is 2.81. The van der Waals surface area contributed by atoms with Crippen molar-refractivity contribution >= 4 is 5.91 Å². The van der Waals surface area contributed by atoms with Gasteiger partial charge in [-0.1, -0.05) is 0 Å². The van der Waals surface area contributed by atoms with E-state index in [4.69, 9.17) is 0 Å². The smallest absolute Gasteiger partial charge is 0.221 e. The highest BCUT2D eigenvalue weighted by Crippen LogP contribution is 2.22. The SMILES string of the molecule is CCn1nc(C)c(C(C)NC2CNC(=O)C2)c1C. The van der Waals surface area contributed by atoms with Gasteiger partial charge in [-0.3, -0.25) is 9.48 Å². The van der Waals surface area contributed by atoms with E-state index in [-0.39, 0.29) is 18.0 Å². The van der Waals surface area contributed by atoms with Gasteiger partial charge in [-0.15, -0.1) is 0 Å². The number of carbonyl (C=O) groups is 1. The van der Waals surface area contributed by atoms with Crippen LogP contribution >= 0.6 is 0 Å². The van der Waals surface area contributed by atoms with Crippen molar-refractivity contribution in [2.24, 2.45) is 0 Å². The van der Waals surface area contributed by atoms with E-state index in [2.05, 4.69) is 36.5 Å². The highest BCUT2D eigenvalue weighted by molar-refractivity contribution is 5.78. The zero-order chi connectivity index (χ0) is 13.3. The molecule has 2 atom stereocenters. The third-order valence-electron chi connectivity index (χ3n) is 3.63. The highest BCUT2D eigenvalue weighted by Gasteiger charge is 2.25. The minimum Gasteiger partial charge on any atom is -0.354 e. The first kappa shape index (κ1) is 13.1. The van der Waals surface area contributed by atoms with Gasteiger partial charge in [-0.25, -0.2) is 0 Å². The summed E-state index contributed by atoms with van der Waals surface area (Å²) in [6, 6.07) is 0.458. The molecule has 0 radical (unpaired) electrons. The van der Waals surface area contributed by atoms with Gasteiger partial charge in [-0.2, -0.15) is 5.10 Å². The number of nitrogens with one attached hydrogen (secondary N) is 2. The molecule has 1 amide bonds. The molecule has 2 heterocycles. The Morgan fingerprint density at radius 2 is 2.28 bits per heavy atom. The molecule has 0 spiro atoms. The van der Waals surface area contributed by atoms with Crippen LogP contribution in [0.5, 0.6) is 0 Å². The van der Waals surface area contributed by atoms with Crippen molar-refractivity contribution in [1.29, 1.82) is 0 Å². The van der Waals surface area contributed by atoms with Gasteiger partial charge in [0.25, 0.3) is 0 Å². The molecule has 100 valence electrons. The minimum absolute atomic E-state index is 0.136. The van der Waals surface area contributed by atoms with Crippen LogP contribution in [0.4, 0.5) is 0 Å². The summed E-state index contributed by atoms with van der Waals surface area (Å²) in [4.78, 5) is 11.2. The Balaban J connectivity index is 2.11. The van der Waals surface area contributed by atoms with E-state index < -0.39 is 0 Å². The van der Waals surface area contributed by atoms with E-state index in [1.54, 1.807) is 0 Å². The van der Waals surface area contributed by atoms with Crippen LogP contribution in [-0.2, 0) is 11.3 Å². The Bertz CT molecular complexity index is 452. The predicted octanol–water partition coefficient (Wildman–Crippen LogP) is 1.06. The maximum Gasteiger partial charge on any atom is 0.221 e. The number of rotatable bonds is 4. The maximum atomic E-state index is 11.2. The second-order valence-electron chi connectivity index (χ2n) is 4.99. The molecule has 1 aromatic rings. The van der Waals surface area contributed by atoms with Crippen LogP contribution in [0.3, 0.4) is 0 Å². The van der Waals surface area contributed by atoms with Crippen molar-refractivity contribution in [2.75, 3.05) is 6.54 Å². The number of amides is 1. The molecular weight excluding hydrogens is 228 g/mol. The van der Waals surface area contributed by atoms with Gasteiger partial charge in [0.2, 0.25) is 5.91 Å². The van der Waals surface area contributed by atoms with Crippen LogP contribution in [0.15, 0.2) is 0 Å². The number of aryl methyl sites for hydroxylation is 2. The molecule has 0 bridgehead atoms. The summed E-state index contributed by atoms with van der Waals surface area (Å²) in [6.45, 7) is 10.0. The van der Waals surface area contributed by atoms with Gasteiger partial charge in [0.15, 0.2) is 0 Å². The number of carbonyl (C=O) groups excluding carboxylic acids is 1. The standard InChI is InChI=1S/C13H22N4O/c1-5-17-10(4)13(9(3)16-17)8(2)15-11-6-12(18)14-7-11/h8,11,15H,5-7H2,1-4H3,(H,14,18). The number of aromatic nitrogens is 2. The van der Waals surface area contributed by atoms with Crippen LogP contribution in [-0.4, -0.2) is 28.3 Å².